The van der Waals surface area contributed by atoms with Crippen LogP contribution in [0.5, 0.6) is 5.75 Å². The van der Waals surface area contributed by atoms with Crippen LogP contribution in [0.4, 0.5) is 4.39 Å². The molecule has 0 fully saturated rings. The van der Waals surface area contributed by atoms with Crippen molar-refractivity contribution in [2.75, 3.05) is 6.61 Å². The first kappa shape index (κ1) is 20.7. The lowest BCUT2D eigenvalue weighted by Crippen LogP contribution is -2.41. The Labute approximate surface area is 162 Å². The summed E-state index contributed by atoms with van der Waals surface area (Å²) in [4.78, 5) is 24.3. The van der Waals surface area contributed by atoms with Crippen molar-refractivity contribution >= 4 is 23.5 Å². The van der Waals surface area contributed by atoms with Crippen molar-refractivity contribution in [3.05, 3.63) is 64.9 Å². The summed E-state index contributed by atoms with van der Waals surface area (Å²) >= 11 is 5.94. The van der Waals surface area contributed by atoms with E-state index in [1.54, 1.807) is 25.1 Å². The molecule has 27 heavy (non-hydrogen) atoms. The van der Waals surface area contributed by atoms with Crippen molar-refractivity contribution in [1.29, 1.82) is 0 Å². The number of carbonyl (C=O) groups excluding carboxylic acids is 2. The Morgan fingerprint density at radius 3 is 2.48 bits per heavy atom. The average molecular weight is 394 g/mol. The van der Waals surface area contributed by atoms with E-state index in [4.69, 9.17) is 21.1 Å². The molecule has 0 radical (unpaired) electrons. The summed E-state index contributed by atoms with van der Waals surface area (Å²) in [6.07, 6.45) is 0. The molecule has 0 saturated carbocycles. The first-order valence-electron chi connectivity index (χ1n) is 8.34. The van der Waals surface area contributed by atoms with Crippen molar-refractivity contribution < 1.29 is 23.5 Å². The van der Waals surface area contributed by atoms with E-state index >= 15 is 0 Å². The molecule has 0 spiro atoms. The minimum Gasteiger partial charge on any atom is -0.476 e. The number of ether oxygens (including phenoxy) is 2. The molecule has 7 heteroatoms. The summed E-state index contributed by atoms with van der Waals surface area (Å²) in [7, 11) is 0. The molecule has 0 aromatic heterocycles. The van der Waals surface area contributed by atoms with Crippen LogP contribution in [0.25, 0.3) is 0 Å². The van der Waals surface area contributed by atoms with E-state index in [0.29, 0.717) is 10.8 Å². The molecule has 1 atom stereocenters. The fourth-order valence-electron chi connectivity index (χ4n) is 2.29. The maximum atomic E-state index is 12.9. The number of carbonyl (C=O) groups is 2. The number of hydrogen-bond donors (Lipinski definition) is 1. The van der Waals surface area contributed by atoms with Gasteiger partial charge in [0.15, 0.2) is 12.2 Å². The molecule has 2 aromatic rings. The van der Waals surface area contributed by atoms with Crippen LogP contribution < -0.4 is 10.1 Å². The minimum absolute atomic E-state index is 0.293. The molecular formula is C20H21ClFNO4. The summed E-state index contributed by atoms with van der Waals surface area (Å²) in [5, 5.41) is 3.30. The predicted octanol–water partition coefficient (Wildman–Crippen LogP) is 4.06. The van der Waals surface area contributed by atoms with Crippen LogP contribution in [0.2, 0.25) is 5.02 Å². The van der Waals surface area contributed by atoms with E-state index in [-0.39, 0.29) is 6.04 Å². The molecule has 0 aliphatic heterocycles. The minimum atomic E-state index is -1.34. The van der Waals surface area contributed by atoms with Gasteiger partial charge in [0.25, 0.3) is 5.91 Å². The standard InChI is InChI=1S/C20H21ClFNO4/c1-13(14-5-4-6-15(21)11-14)23-18(24)12-26-19(25)20(2,3)27-17-9-7-16(22)8-10-17/h4-11,13H,12H2,1-3H3,(H,23,24)/t13-/m0/s1. The molecule has 0 unspecified atom stereocenters. The lowest BCUT2D eigenvalue weighted by Gasteiger charge is -2.24. The molecule has 144 valence electrons. The lowest BCUT2D eigenvalue weighted by molar-refractivity contribution is -0.162. The summed E-state index contributed by atoms with van der Waals surface area (Å²) in [5.41, 5.74) is -0.501. The average Bonchev–Trinajstić information content (AvgIpc) is 2.61. The molecule has 0 aliphatic carbocycles. The zero-order valence-corrected chi connectivity index (χ0v) is 16.0. The van der Waals surface area contributed by atoms with Crippen LogP contribution in [-0.2, 0) is 14.3 Å². The highest BCUT2D eigenvalue weighted by molar-refractivity contribution is 6.30. The second kappa shape index (κ2) is 8.86. The fourth-order valence-corrected chi connectivity index (χ4v) is 2.48. The van der Waals surface area contributed by atoms with Gasteiger partial charge in [-0.25, -0.2) is 9.18 Å². The lowest BCUT2D eigenvalue weighted by atomic mass is 10.1. The number of benzene rings is 2. The predicted molar refractivity (Wildman–Crippen MR) is 100 cm³/mol. The van der Waals surface area contributed by atoms with E-state index in [2.05, 4.69) is 5.32 Å². The molecule has 2 aromatic carbocycles. The van der Waals surface area contributed by atoms with Gasteiger partial charge in [0.2, 0.25) is 0 Å². The van der Waals surface area contributed by atoms with Gasteiger partial charge in [-0.3, -0.25) is 4.79 Å². The normalized spacial score (nSPS) is 12.2. The number of hydrogen-bond acceptors (Lipinski definition) is 4. The Balaban J connectivity index is 1.86. The summed E-state index contributed by atoms with van der Waals surface area (Å²) in [6, 6.07) is 12.1. The highest BCUT2D eigenvalue weighted by Crippen LogP contribution is 2.20. The van der Waals surface area contributed by atoms with Crippen molar-refractivity contribution in [3.8, 4) is 5.75 Å². The zero-order valence-electron chi connectivity index (χ0n) is 15.3. The summed E-state index contributed by atoms with van der Waals surface area (Å²) in [5.74, 6) is -1.25. The SMILES string of the molecule is C[C@H](NC(=O)COC(=O)C(C)(C)Oc1ccc(F)cc1)c1cccc(Cl)c1. The second-order valence-corrected chi connectivity index (χ2v) is 6.92. The van der Waals surface area contributed by atoms with E-state index in [0.717, 1.165) is 5.56 Å². The molecule has 2 rings (SSSR count). The molecule has 0 bridgehead atoms. The van der Waals surface area contributed by atoms with Crippen LogP contribution in [0.1, 0.15) is 32.4 Å². The van der Waals surface area contributed by atoms with Crippen molar-refractivity contribution in [3.63, 3.8) is 0 Å². The molecule has 0 aliphatic rings. The highest BCUT2D eigenvalue weighted by Gasteiger charge is 2.32. The van der Waals surface area contributed by atoms with Gasteiger partial charge in [0, 0.05) is 5.02 Å². The Morgan fingerprint density at radius 2 is 1.85 bits per heavy atom. The van der Waals surface area contributed by atoms with Crippen LogP contribution >= 0.6 is 11.6 Å². The third kappa shape index (κ3) is 6.25. The molecule has 1 amide bonds. The smallest absolute Gasteiger partial charge is 0.350 e. The molecule has 0 heterocycles. The molecular weight excluding hydrogens is 373 g/mol. The van der Waals surface area contributed by atoms with Crippen LogP contribution in [0.3, 0.4) is 0 Å². The number of rotatable bonds is 7. The quantitative estimate of drug-likeness (QED) is 0.720. The van der Waals surface area contributed by atoms with E-state index in [9.17, 15) is 14.0 Å². The van der Waals surface area contributed by atoms with Crippen LogP contribution in [0.15, 0.2) is 48.5 Å². The first-order chi connectivity index (χ1) is 12.7. The third-order valence-electron chi connectivity index (χ3n) is 3.74. The van der Waals surface area contributed by atoms with Gasteiger partial charge in [-0.2, -0.15) is 0 Å². The van der Waals surface area contributed by atoms with E-state index in [1.807, 2.05) is 6.07 Å². The Morgan fingerprint density at radius 1 is 1.19 bits per heavy atom. The maximum absolute atomic E-state index is 12.9. The van der Waals surface area contributed by atoms with Crippen molar-refractivity contribution in [1.82, 2.24) is 5.32 Å². The van der Waals surface area contributed by atoms with Crippen molar-refractivity contribution in [2.24, 2.45) is 0 Å². The van der Waals surface area contributed by atoms with E-state index < -0.39 is 29.9 Å². The number of nitrogens with one attached hydrogen (secondary N) is 1. The molecule has 5 nitrogen and oxygen atoms in total. The fraction of sp³-hybridized carbons (Fsp3) is 0.300. The Kier molecular flexibility index (Phi) is 6.80. The van der Waals surface area contributed by atoms with Crippen LogP contribution in [0, 0.1) is 5.82 Å². The maximum Gasteiger partial charge on any atom is 0.350 e. The van der Waals surface area contributed by atoms with Gasteiger partial charge in [0.1, 0.15) is 11.6 Å². The van der Waals surface area contributed by atoms with Gasteiger partial charge >= 0.3 is 5.97 Å². The molecule has 0 saturated heterocycles. The Bertz CT molecular complexity index is 808. The van der Waals surface area contributed by atoms with Gasteiger partial charge in [-0.05, 0) is 62.7 Å². The number of esters is 1. The Hall–Kier alpha value is -2.60. The largest absolute Gasteiger partial charge is 0.476 e. The van der Waals surface area contributed by atoms with Gasteiger partial charge < -0.3 is 14.8 Å². The summed E-state index contributed by atoms with van der Waals surface area (Å²) in [6.45, 7) is 4.36. The zero-order chi connectivity index (χ0) is 20.0. The second-order valence-electron chi connectivity index (χ2n) is 6.49. The van der Waals surface area contributed by atoms with Gasteiger partial charge in [0.05, 0.1) is 6.04 Å². The topological polar surface area (TPSA) is 64.6 Å². The van der Waals surface area contributed by atoms with Crippen LogP contribution in [-0.4, -0.2) is 24.1 Å². The highest BCUT2D eigenvalue weighted by atomic mass is 35.5. The summed E-state index contributed by atoms with van der Waals surface area (Å²) < 4.78 is 23.5. The number of halogens is 2. The molecule has 1 N–H and O–H groups in total. The number of amides is 1. The first-order valence-corrected chi connectivity index (χ1v) is 8.72. The van der Waals surface area contributed by atoms with Gasteiger partial charge in [-0.15, -0.1) is 0 Å². The monoisotopic (exact) mass is 393 g/mol. The van der Waals surface area contributed by atoms with Gasteiger partial charge in [-0.1, -0.05) is 23.7 Å². The van der Waals surface area contributed by atoms with Crippen molar-refractivity contribution in [2.45, 2.75) is 32.4 Å². The van der Waals surface area contributed by atoms with E-state index in [1.165, 1.54) is 38.1 Å². The third-order valence-corrected chi connectivity index (χ3v) is 3.97.